The Morgan fingerprint density at radius 2 is 1.85 bits per heavy atom. The zero-order valence-corrected chi connectivity index (χ0v) is 10.7. The van der Waals surface area contributed by atoms with E-state index in [9.17, 15) is 18.0 Å². The minimum Gasteiger partial charge on any atom is -0.478 e. The Morgan fingerprint density at radius 3 is 2.40 bits per heavy atom. The van der Waals surface area contributed by atoms with E-state index < -0.39 is 17.7 Å². The highest BCUT2D eigenvalue weighted by Crippen LogP contribution is 2.38. The number of hydrogen-bond acceptors (Lipinski definition) is 3. The molecule has 0 fully saturated rings. The molecular weight excluding hydrogens is 291 g/mol. The standard InChI is InChI=1S/C13H8F3NO2S/c14-13(15,16)9-3-1-2-4-10(9)20-11-6-5-8(7-17-11)12(18)19/h1-7H,(H,18,19). The fourth-order valence-electron chi connectivity index (χ4n) is 1.47. The van der Waals surface area contributed by atoms with Crippen molar-refractivity contribution in [3.63, 3.8) is 0 Å². The normalized spacial score (nSPS) is 11.3. The summed E-state index contributed by atoms with van der Waals surface area (Å²) in [5, 5.41) is 9.02. The summed E-state index contributed by atoms with van der Waals surface area (Å²) >= 11 is 0.837. The topological polar surface area (TPSA) is 50.2 Å². The molecule has 1 N–H and O–H groups in total. The van der Waals surface area contributed by atoms with Gasteiger partial charge in [-0.05, 0) is 24.3 Å². The number of carbonyl (C=O) groups is 1. The van der Waals surface area contributed by atoms with Crippen LogP contribution in [0.2, 0.25) is 0 Å². The molecule has 2 aromatic rings. The van der Waals surface area contributed by atoms with Crippen molar-refractivity contribution in [1.82, 2.24) is 4.98 Å². The Labute approximate surface area is 116 Å². The Kier molecular flexibility index (Phi) is 3.99. The van der Waals surface area contributed by atoms with Gasteiger partial charge in [0.25, 0.3) is 0 Å². The molecule has 7 heteroatoms. The van der Waals surface area contributed by atoms with Crippen LogP contribution in [0.25, 0.3) is 0 Å². The maximum absolute atomic E-state index is 12.8. The summed E-state index contributed by atoms with van der Waals surface area (Å²) in [4.78, 5) is 14.5. The van der Waals surface area contributed by atoms with Crippen molar-refractivity contribution in [3.05, 3.63) is 53.7 Å². The number of pyridine rings is 1. The molecule has 0 aliphatic heterocycles. The van der Waals surface area contributed by atoms with E-state index >= 15 is 0 Å². The van der Waals surface area contributed by atoms with Crippen LogP contribution in [-0.4, -0.2) is 16.1 Å². The van der Waals surface area contributed by atoms with Gasteiger partial charge in [-0.2, -0.15) is 13.2 Å². The second kappa shape index (κ2) is 5.54. The van der Waals surface area contributed by atoms with E-state index in [1.54, 1.807) is 0 Å². The number of benzene rings is 1. The van der Waals surface area contributed by atoms with E-state index in [4.69, 9.17) is 5.11 Å². The van der Waals surface area contributed by atoms with Gasteiger partial charge in [0.2, 0.25) is 0 Å². The molecule has 20 heavy (non-hydrogen) atoms. The van der Waals surface area contributed by atoms with Crippen molar-refractivity contribution in [2.75, 3.05) is 0 Å². The van der Waals surface area contributed by atoms with E-state index in [1.807, 2.05) is 0 Å². The van der Waals surface area contributed by atoms with Crippen molar-refractivity contribution in [2.24, 2.45) is 0 Å². The number of alkyl halides is 3. The van der Waals surface area contributed by atoms with Gasteiger partial charge in [0.1, 0.15) is 5.03 Å². The smallest absolute Gasteiger partial charge is 0.417 e. The number of nitrogens with zero attached hydrogens (tertiary/aromatic N) is 1. The third-order valence-corrected chi connectivity index (χ3v) is 3.42. The molecule has 0 saturated carbocycles. The van der Waals surface area contributed by atoms with Gasteiger partial charge in [0.05, 0.1) is 11.1 Å². The van der Waals surface area contributed by atoms with Crippen molar-refractivity contribution in [3.8, 4) is 0 Å². The summed E-state index contributed by atoms with van der Waals surface area (Å²) in [5.74, 6) is -1.13. The fraction of sp³-hybridized carbons (Fsp3) is 0.0769. The van der Waals surface area contributed by atoms with Gasteiger partial charge < -0.3 is 5.11 Å². The minimum absolute atomic E-state index is 0.0153. The van der Waals surface area contributed by atoms with E-state index in [0.29, 0.717) is 5.03 Å². The Morgan fingerprint density at radius 1 is 1.15 bits per heavy atom. The van der Waals surface area contributed by atoms with Crippen molar-refractivity contribution < 1.29 is 23.1 Å². The molecule has 0 bridgehead atoms. The summed E-state index contributed by atoms with van der Waals surface area (Å²) in [5.41, 5.74) is -0.757. The molecule has 0 saturated heterocycles. The zero-order chi connectivity index (χ0) is 14.8. The maximum Gasteiger partial charge on any atom is 0.417 e. The number of carboxylic acids is 1. The molecule has 0 radical (unpaired) electrons. The van der Waals surface area contributed by atoms with Crippen LogP contribution < -0.4 is 0 Å². The summed E-state index contributed by atoms with van der Waals surface area (Å²) < 4.78 is 38.4. The average Bonchev–Trinajstić information content (AvgIpc) is 2.38. The highest BCUT2D eigenvalue weighted by molar-refractivity contribution is 7.99. The fourth-order valence-corrected chi connectivity index (χ4v) is 2.38. The highest BCUT2D eigenvalue weighted by Gasteiger charge is 2.33. The molecule has 0 spiro atoms. The van der Waals surface area contributed by atoms with Crippen LogP contribution in [0.15, 0.2) is 52.5 Å². The van der Waals surface area contributed by atoms with Crippen molar-refractivity contribution >= 4 is 17.7 Å². The van der Waals surface area contributed by atoms with Crippen LogP contribution in [0, 0.1) is 0 Å². The van der Waals surface area contributed by atoms with Crippen LogP contribution in [0.1, 0.15) is 15.9 Å². The van der Waals surface area contributed by atoms with E-state index in [2.05, 4.69) is 4.98 Å². The van der Waals surface area contributed by atoms with Crippen LogP contribution in [0.4, 0.5) is 13.2 Å². The lowest BCUT2D eigenvalue weighted by Crippen LogP contribution is -2.06. The molecule has 0 unspecified atom stereocenters. The lowest BCUT2D eigenvalue weighted by molar-refractivity contribution is -0.139. The average molecular weight is 299 g/mol. The van der Waals surface area contributed by atoms with Gasteiger partial charge in [-0.1, -0.05) is 23.9 Å². The lowest BCUT2D eigenvalue weighted by atomic mass is 10.2. The van der Waals surface area contributed by atoms with E-state index in [-0.39, 0.29) is 10.5 Å². The first-order valence-corrected chi connectivity index (χ1v) is 6.23. The van der Waals surface area contributed by atoms with E-state index in [1.165, 1.54) is 30.3 Å². The minimum atomic E-state index is -4.44. The molecule has 104 valence electrons. The van der Waals surface area contributed by atoms with Gasteiger partial charge in [-0.15, -0.1) is 0 Å². The van der Waals surface area contributed by atoms with Crippen LogP contribution in [-0.2, 0) is 6.18 Å². The predicted molar refractivity (Wildman–Crippen MR) is 66.8 cm³/mol. The molecular formula is C13H8F3NO2S. The molecule has 1 aromatic carbocycles. The van der Waals surface area contributed by atoms with Gasteiger partial charge >= 0.3 is 12.1 Å². The summed E-state index contributed by atoms with van der Waals surface area (Å²) in [6.07, 6.45) is -3.33. The Balaban J connectivity index is 2.28. The predicted octanol–water partition coefficient (Wildman–Crippen LogP) is 3.95. The van der Waals surface area contributed by atoms with Gasteiger partial charge in [-0.3, -0.25) is 0 Å². The zero-order valence-electron chi connectivity index (χ0n) is 9.89. The Hall–Kier alpha value is -2.02. The maximum atomic E-state index is 12.8. The molecule has 0 atom stereocenters. The van der Waals surface area contributed by atoms with Crippen molar-refractivity contribution in [1.29, 1.82) is 0 Å². The monoisotopic (exact) mass is 299 g/mol. The first kappa shape index (κ1) is 14.4. The first-order valence-electron chi connectivity index (χ1n) is 5.41. The highest BCUT2D eigenvalue weighted by atomic mass is 32.2. The van der Waals surface area contributed by atoms with Crippen LogP contribution in [0.5, 0.6) is 0 Å². The second-order valence-corrected chi connectivity index (χ2v) is 4.85. The molecule has 3 nitrogen and oxygen atoms in total. The summed E-state index contributed by atoms with van der Waals surface area (Å²) in [7, 11) is 0. The lowest BCUT2D eigenvalue weighted by Gasteiger charge is -2.11. The number of hydrogen-bond donors (Lipinski definition) is 1. The third kappa shape index (κ3) is 3.30. The summed E-state index contributed by atoms with van der Waals surface area (Å²) in [6.45, 7) is 0. The van der Waals surface area contributed by atoms with E-state index in [0.717, 1.165) is 24.0 Å². The molecule has 1 aromatic heterocycles. The Bertz CT molecular complexity index is 626. The number of rotatable bonds is 3. The largest absolute Gasteiger partial charge is 0.478 e. The quantitative estimate of drug-likeness (QED) is 0.932. The van der Waals surface area contributed by atoms with Crippen LogP contribution in [0.3, 0.4) is 0 Å². The second-order valence-electron chi connectivity index (χ2n) is 3.79. The SMILES string of the molecule is O=C(O)c1ccc(Sc2ccccc2C(F)(F)F)nc1. The van der Waals surface area contributed by atoms with Gasteiger partial charge in [0, 0.05) is 11.1 Å². The first-order chi connectivity index (χ1) is 9.38. The third-order valence-electron chi connectivity index (χ3n) is 2.39. The molecule has 0 amide bonds. The molecule has 0 aliphatic carbocycles. The number of aromatic nitrogens is 1. The number of aromatic carboxylic acids is 1. The van der Waals surface area contributed by atoms with Gasteiger partial charge in [0.15, 0.2) is 0 Å². The van der Waals surface area contributed by atoms with Crippen molar-refractivity contribution in [2.45, 2.75) is 16.1 Å². The molecule has 0 aliphatic rings. The summed E-state index contributed by atoms with van der Waals surface area (Å²) in [6, 6.07) is 7.83. The number of carboxylic acid groups (broad SMARTS) is 1. The van der Waals surface area contributed by atoms with Crippen LogP contribution >= 0.6 is 11.8 Å². The van der Waals surface area contributed by atoms with Gasteiger partial charge in [-0.25, -0.2) is 9.78 Å². The number of halogens is 3. The molecule has 1 heterocycles. The molecule has 2 rings (SSSR count).